The molecule has 0 radical (unpaired) electrons. The van der Waals surface area contributed by atoms with Gasteiger partial charge in [0.15, 0.2) is 34.9 Å². The summed E-state index contributed by atoms with van der Waals surface area (Å²) < 4.78 is 81.1. The lowest BCUT2D eigenvalue weighted by Crippen LogP contribution is -2.52. The third kappa shape index (κ3) is 7.40. The predicted octanol–water partition coefficient (Wildman–Crippen LogP) is 1.75. The van der Waals surface area contributed by atoms with Crippen LogP contribution in [0, 0.1) is 46.7 Å². The number of rotatable bonds is 12. The third-order valence-corrected chi connectivity index (χ3v) is 5.99. The molecule has 0 amide bonds. The van der Waals surface area contributed by atoms with Crippen molar-refractivity contribution < 1.29 is 57.0 Å². The molecule has 0 saturated carbocycles. The van der Waals surface area contributed by atoms with Gasteiger partial charge in [0.2, 0.25) is 0 Å². The van der Waals surface area contributed by atoms with E-state index in [9.17, 15) is 51.9 Å². The van der Waals surface area contributed by atoms with Gasteiger partial charge in [-0.1, -0.05) is 6.92 Å². The van der Waals surface area contributed by atoms with E-state index in [0.717, 1.165) is 12.1 Å². The van der Waals surface area contributed by atoms with Crippen LogP contribution in [-0.4, -0.2) is 67.8 Å². The molecule has 7 atom stereocenters. The van der Waals surface area contributed by atoms with Crippen LogP contribution >= 0.6 is 0 Å². The van der Waals surface area contributed by atoms with Crippen molar-refractivity contribution in [2.45, 2.75) is 56.7 Å². The predicted molar refractivity (Wildman–Crippen MR) is 114 cm³/mol. The molecule has 0 heterocycles. The standard InChI is InChI=1S/C24H28F6O6/c1-10(2-11-5-14(25)19(29)15(26)6-11)3-13(4-12-7-16(27)20(30)17(28)8-12)21(33)23(35)24(36)22(34)18(32)9-31/h5-8,10,13,18,21-24,31-36H,2-4,9H2,1H3/t10?,13?,18-,21?,22+,23+,24-/m0/s1. The molecule has 0 aliphatic heterocycles. The fraction of sp³-hybridized carbons (Fsp3) is 0.500. The highest BCUT2D eigenvalue weighted by Gasteiger charge is 2.38. The molecule has 36 heavy (non-hydrogen) atoms. The lowest BCUT2D eigenvalue weighted by atomic mass is 9.80. The fourth-order valence-corrected chi connectivity index (χ4v) is 4.12. The molecule has 0 fully saturated rings. The van der Waals surface area contributed by atoms with E-state index in [1.54, 1.807) is 6.92 Å². The molecule has 3 unspecified atom stereocenters. The molecule has 12 heteroatoms. The lowest BCUT2D eigenvalue weighted by Gasteiger charge is -2.33. The Kier molecular flexibility index (Phi) is 10.7. The average molecular weight is 526 g/mol. The number of aliphatic hydroxyl groups is 6. The number of halogens is 6. The Morgan fingerprint density at radius 1 is 0.611 bits per heavy atom. The van der Waals surface area contributed by atoms with Crippen LogP contribution in [0.5, 0.6) is 0 Å². The van der Waals surface area contributed by atoms with Gasteiger partial charge in [0, 0.05) is 0 Å². The van der Waals surface area contributed by atoms with Crippen molar-refractivity contribution in [3.8, 4) is 0 Å². The quantitative estimate of drug-likeness (QED) is 0.185. The maximum absolute atomic E-state index is 13.7. The van der Waals surface area contributed by atoms with Crippen molar-refractivity contribution >= 4 is 0 Å². The second-order valence-corrected chi connectivity index (χ2v) is 8.97. The first-order chi connectivity index (χ1) is 16.8. The van der Waals surface area contributed by atoms with Gasteiger partial charge < -0.3 is 30.6 Å². The molecule has 0 spiro atoms. The third-order valence-electron chi connectivity index (χ3n) is 5.99. The summed E-state index contributed by atoms with van der Waals surface area (Å²) in [5, 5.41) is 59.6. The second-order valence-electron chi connectivity index (χ2n) is 8.97. The Morgan fingerprint density at radius 3 is 1.42 bits per heavy atom. The number of hydrogen-bond donors (Lipinski definition) is 6. The Hall–Kier alpha value is -2.22. The van der Waals surface area contributed by atoms with Gasteiger partial charge in [0.25, 0.3) is 0 Å². The molecule has 0 bridgehead atoms. The number of benzene rings is 2. The fourth-order valence-electron chi connectivity index (χ4n) is 4.12. The monoisotopic (exact) mass is 526 g/mol. The Balaban J connectivity index is 2.30. The molecule has 0 saturated heterocycles. The molecular formula is C24H28F6O6. The molecule has 6 nitrogen and oxygen atoms in total. The first-order valence-corrected chi connectivity index (χ1v) is 11.0. The van der Waals surface area contributed by atoms with Crippen LogP contribution in [0.25, 0.3) is 0 Å². The SMILES string of the molecule is CC(Cc1cc(F)c(F)c(F)c1)CC(Cc1cc(F)c(F)c(F)c1)C(O)[C@@H](O)[C@@H](O)[C@H](O)[C@@H](O)CO. The highest BCUT2D eigenvalue weighted by molar-refractivity contribution is 5.21. The van der Waals surface area contributed by atoms with Gasteiger partial charge in [-0.25, -0.2) is 26.3 Å². The van der Waals surface area contributed by atoms with Gasteiger partial charge in [0.1, 0.15) is 24.4 Å². The maximum atomic E-state index is 13.7. The Bertz CT molecular complexity index is 979. The topological polar surface area (TPSA) is 121 Å². The summed E-state index contributed by atoms with van der Waals surface area (Å²) in [4.78, 5) is 0. The van der Waals surface area contributed by atoms with Crippen molar-refractivity contribution in [2.24, 2.45) is 11.8 Å². The Labute approximate surface area is 203 Å². The van der Waals surface area contributed by atoms with E-state index < -0.39 is 83.9 Å². The minimum absolute atomic E-state index is 0.0476. The minimum Gasteiger partial charge on any atom is -0.394 e. The summed E-state index contributed by atoms with van der Waals surface area (Å²) in [6.07, 6.45) is -10.6. The van der Waals surface area contributed by atoms with Crippen LogP contribution < -0.4 is 0 Å². The van der Waals surface area contributed by atoms with Gasteiger partial charge in [-0.05, 0) is 66.5 Å². The van der Waals surface area contributed by atoms with Crippen LogP contribution in [0.3, 0.4) is 0 Å². The molecule has 0 aliphatic carbocycles. The van der Waals surface area contributed by atoms with Crippen LogP contribution in [0.15, 0.2) is 24.3 Å². The molecule has 0 aromatic heterocycles. The smallest absolute Gasteiger partial charge is 0.194 e. The van der Waals surface area contributed by atoms with Gasteiger partial charge in [0.05, 0.1) is 12.7 Å². The molecule has 2 aromatic carbocycles. The van der Waals surface area contributed by atoms with E-state index in [-0.39, 0.29) is 30.4 Å². The van der Waals surface area contributed by atoms with E-state index in [4.69, 9.17) is 5.11 Å². The summed E-state index contributed by atoms with van der Waals surface area (Å²) in [6, 6.07) is 2.88. The van der Waals surface area contributed by atoms with Gasteiger partial charge >= 0.3 is 0 Å². The average Bonchev–Trinajstić information content (AvgIpc) is 2.82. The first-order valence-electron chi connectivity index (χ1n) is 11.0. The molecule has 0 aliphatic rings. The normalized spacial score (nSPS) is 17.8. The summed E-state index contributed by atoms with van der Waals surface area (Å²) >= 11 is 0. The molecule has 202 valence electrons. The summed E-state index contributed by atoms with van der Waals surface area (Å²) in [7, 11) is 0. The lowest BCUT2D eigenvalue weighted by molar-refractivity contribution is -0.149. The molecule has 2 rings (SSSR count). The van der Waals surface area contributed by atoms with Crippen molar-refractivity contribution in [2.75, 3.05) is 6.61 Å². The molecule has 2 aromatic rings. The largest absolute Gasteiger partial charge is 0.394 e. The van der Waals surface area contributed by atoms with Crippen LogP contribution in [0.1, 0.15) is 24.5 Å². The van der Waals surface area contributed by atoms with E-state index in [1.165, 1.54) is 0 Å². The van der Waals surface area contributed by atoms with E-state index in [1.807, 2.05) is 0 Å². The van der Waals surface area contributed by atoms with Crippen molar-refractivity contribution in [3.05, 3.63) is 70.3 Å². The van der Waals surface area contributed by atoms with Crippen molar-refractivity contribution in [3.63, 3.8) is 0 Å². The zero-order chi connectivity index (χ0) is 27.3. The zero-order valence-corrected chi connectivity index (χ0v) is 19.1. The summed E-state index contributed by atoms with van der Waals surface area (Å²) in [6.45, 7) is 0.596. The van der Waals surface area contributed by atoms with Crippen LogP contribution in [-0.2, 0) is 12.8 Å². The highest BCUT2D eigenvalue weighted by atomic mass is 19.2. The van der Waals surface area contributed by atoms with Crippen molar-refractivity contribution in [1.29, 1.82) is 0 Å². The summed E-state index contributed by atoms with van der Waals surface area (Å²) in [5.74, 6) is -10.9. The zero-order valence-electron chi connectivity index (χ0n) is 19.1. The Morgan fingerprint density at radius 2 is 1.00 bits per heavy atom. The summed E-state index contributed by atoms with van der Waals surface area (Å²) in [5.41, 5.74) is -0.0627. The van der Waals surface area contributed by atoms with E-state index in [2.05, 4.69) is 0 Å². The minimum atomic E-state index is -2.15. The van der Waals surface area contributed by atoms with Crippen molar-refractivity contribution in [1.82, 2.24) is 0 Å². The van der Waals surface area contributed by atoms with Crippen LogP contribution in [0.2, 0.25) is 0 Å². The molecule has 6 N–H and O–H groups in total. The van der Waals surface area contributed by atoms with Gasteiger partial charge in [-0.2, -0.15) is 0 Å². The van der Waals surface area contributed by atoms with Crippen LogP contribution in [0.4, 0.5) is 26.3 Å². The maximum Gasteiger partial charge on any atom is 0.194 e. The van der Waals surface area contributed by atoms with E-state index in [0.29, 0.717) is 12.1 Å². The molecular weight excluding hydrogens is 498 g/mol. The second kappa shape index (κ2) is 12.8. The first kappa shape index (κ1) is 30.0. The van der Waals surface area contributed by atoms with E-state index >= 15 is 0 Å². The highest BCUT2D eigenvalue weighted by Crippen LogP contribution is 2.28. The van der Waals surface area contributed by atoms with Gasteiger partial charge in [-0.3, -0.25) is 0 Å². The number of hydrogen-bond acceptors (Lipinski definition) is 6. The number of aliphatic hydroxyl groups excluding tert-OH is 6. The van der Waals surface area contributed by atoms with Gasteiger partial charge in [-0.15, -0.1) is 0 Å².